The second-order valence-electron chi connectivity index (χ2n) is 8.28. The van der Waals surface area contributed by atoms with E-state index >= 15 is 0 Å². The van der Waals surface area contributed by atoms with Gasteiger partial charge in [-0.25, -0.2) is 8.42 Å². The SMILES string of the molecule is O=C(c1ccc(S(=O)c2ccccc2)c(C[N+](=O)[O-])c1Cl)c1ccc(S(=O)c2ccccc2)c(C[N+](=O)[O-])c1Cl. The Labute approximate surface area is 243 Å². The van der Waals surface area contributed by atoms with Gasteiger partial charge in [0.05, 0.1) is 52.6 Å². The van der Waals surface area contributed by atoms with E-state index in [-0.39, 0.29) is 42.1 Å². The topological polar surface area (TPSA) is 137 Å². The van der Waals surface area contributed by atoms with Crippen molar-refractivity contribution in [2.45, 2.75) is 32.7 Å². The van der Waals surface area contributed by atoms with Crippen LogP contribution < -0.4 is 0 Å². The summed E-state index contributed by atoms with van der Waals surface area (Å²) < 4.78 is 26.4. The molecule has 0 fully saturated rings. The molecule has 40 heavy (non-hydrogen) atoms. The molecule has 0 saturated heterocycles. The van der Waals surface area contributed by atoms with Gasteiger partial charge in [0.2, 0.25) is 13.1 Å². The lowest BCUT2D eigenvalue weighted by molar-refractivity contribution is -0.497. The van der Waals surface area contributed by atoms with Gasteiger partial charge in [-0.3, -0.25) is 25.0 Å². The Balaban J connectivity index is 1.82. The fraction of sp³-hybridized carbons (Fsp3) is 0.0741. The molecular formula is C27H18Cl2N2O7S2. The molecule has 2 unspecified atom stereocenters. The molecule has 0 bridgehead atoms. The van der Waals surface area contributed by atoms with Crippen molar-refractivity contribution in [3.05, 3.63) is 137 Å². The number of halogens is 2. The van der Waals surface area contributed by atoms with Crippen LogP contribution >= 0.6 is 23.2 Å². The van der Waals surface area contributed by atoms with Crippen LogP contribution in [0.1, 0.15) is 27.0 Å². The quantitative estimate of drug-likeness (QED) is 0.119. The van der Waals surface area contributed by atoms with Gasteiger partial charge in [0, 0.05) is 30.8 Å². The van der Waals surface area contributed by atoms with Gasteiger partial charge in [0.15, 0.2) is 5.78 Å². The highest BCUT2D eigenvalue weighted by atomic mass is 35.5. The average Bonchev–Trinajstić information content (AvgIpc) is 2.94. The van der Waals surface area contributed by atoms with Crippen LogP contribution in [0.5, 0.6) is 0 Å². The van der Waals surface area contributed by atoms with E-state index in [1.165, 1.54) is 24.3 Å². The molecule has 0 aliphatic carbocycles. The number of carbonyl (C=O) groups is 1. The summed E-state index contributed by atoms with van der Waals surface area (Å²) in [6.45, 7) is -1.60. The number of rotatable bonds is 10. The Kier molecular flexibility index (Phi) is 9.21. The van der Waals surface area contributed by atoms with Crippen molar-refractivity contribution in [3.8, 4) is 0 Å². The van der Waals surface area contributed by atoms with E-state index in [4.69, 9.17) is 23.2 Å². The molecule has 0 aliphatic rings. The minimum absolute atomic E-state index is 0.0678. The van der Waals surface area contributed by atoms with E-state index in [1.807, 2.05) is 0 Å². The number of hydrogen-bond acceptors (Lipinski definition) is 7. The van der Waals surface area contributed by atoms with Gasteiger partial charge in [-0.15, -0.1) is 0 Å². The molecule has 0 amide bonds. The lowest BCUT2D eigenvalue weighted by atomic mass is 9.99. The first-order chi connectivity index (χ1) is 19.1. The molecule has 13 heteroatoms. The summed E-state index contributed by atoms with van der Waals surface area (Å²) in [6.07, 6.45) is 0. The Morgan fingerprint density at radius 1 is 0.625 bits per heavy atom. The molecular weight excluding hydrogens is 599 g/mol. The highest BCUT2D eigenvalue weighted by molar-refractivity contribution is 7.85. The molecule has 0 heterocycles. The molecule has 0 aromatic heterocycles. The molecule has 4 aromatic rings. The average molecular weight is 617 g/mol. The van der Waals surface area contributed by atoms with Crippen LogP contribution in [0.3, 0.4) is 0 Å². The Bertz CT molecular complexity index is 1560. The summed E-state index contributed by atoms with van der Waals surface area (Å²) in [7, 11) is -3.65. The molecule has 4 aromatic carbocycles. The summed E-state index contributed by atoms with van der Waals surface area (Å²) in [5.41, 5.74) is -0.553. The van der Waals surface area contributed by atoms with Gasteiger partial charge in [0.1, 0.15) is 0 Å². The van der Waals surface area contributed by atoms with Crippen molar-refractivity contribution in [3.63, 3.8) is 0 Å². The summed E-state index contributed by atoms with van der Waals surface area (Å²) in [5, 5.41) is 22.3. The number of ketones is 1. The van der Waals surface area contributed by atoms with Crippen LogP contribution in [0.15, 0.2) is 105 Å². The second kappa shape index (κ2) is 12.6. The minimum Gasteiger partial charge on any atom is -0.288 e. The predicted molar refractivity (Wildman–Crippen MR) is 150 cm³/mol. The van der Waals surface area contributed by atoms with E-state index in [1.54, 1.807) is 60.7 Å². The summed E-state index contributed by atoms with van der Waals surface area (Å²) in [6, 6.07) is 21.7. The van der Waals surface area contributed by atoms with Gasteiger partial charge < -0.3 is 0 Å². The van der Waals surface area contributed by atoms with E-state index in [0.29, 0.717) is 9.79 Å². The van der Waals surface area contributed by atoms with Crippen molar-refractivity contribution in [1.29, 1.82) is 0 Å². The number of nitro groups is 2. The predicted octanol–water partition coefficient (Wildman–Crippen LogP) is 6.11. The second-order valence-corrected chi connectivity index (χ2v) is 11.9. The number of benzene rings is 4. The molecule has 4 rings (SSSR count). The molecule has 0 N–H and O–H groups in total. The van der Waals surface area contributed by atoms with E-state index < -0.39 is 50.3 Å². The Hall–Kier alpha value is -3.77. The number of carbonyl (C=O) groups excluding carboxylic acids is 1. The zero-order valence-corrected chi connectivity index (χ0v) is 23.5. The van der Waals surface area contributed by atoms with Crippen molar-refractivity contribution in [1.82, 2.24) is 0 Å². The maximum absolute atomic E-state index is 13.6. The fourth-order valence-electron chi connectivity index (χ4n) is 3.95. The maximum Gasteiger partial charge on any atom is 0.231 e. The maximum atomic E-state index is 13.6. The number of hydrogen-bond donors (Lipinski definition) is 0. The van der Waals surface area contributed by atoms with Crippen LogP contribution in [0.2, 0.25) is 10.0 Å². The van der Waals surface area contributed by atoms with Gasteiger partial charge in [-0.2, -0.15) is 0 Å². The zero-order valence-electron chi connectivity index (χ0n) is 20.3. The molecule has 0 spiro atoms. The van der Waals surface area contributed by atoms with Crippen LogP contribution in [0.4, 0.5) is 0 Å². The summed E-state index contributed by atoms with van der Waals surface area (Å²) >= 11 is 13.0. The lowest BCUT2D eigenvalue weighted by Crippen LogP contribution is -2.12. The summed E-state index contributed by atoms with van der Waals surface area (Å²) in [4.78, 5) is 36.1. The molecule has 0 radical (unpaired) electrons. The van der Waals surface area contributed by atoms with Crippen molar-refractivity contribution in [2.24, 2.45) is 0 Å². The first kappa shape index (κ1) is 29.2. The van der Waals surface area contributed by atoms with Gasteiger partial charge in [-0.05, 0) is 48.5 Å². The largest absolute Gasteiger partial charge is 0.288 e. The van der Waals surface area contributed by atoms with Crippen LogP contribution in [-0.2, 0) is 34.7 Å². The van der Waals surface area contributed by atoms with E-state index in [9.17, 15) is 33.4 Å². The standard InChI is InChI=1S/C27H18Cl2N2O7S2/c28-25-19(11-13-23(21(25)15-30(33)34)39(37)17-7-3-1-4-8-17)27(32)20-12-14-24(22(26(20)29)16-31(35)36)40(38)18-9-5-2-6-10-18/h1-14H,15-16H2. The molecule has 2 atom stereocenters. The van der Waals surface area contributed by atoms with Crippen LogP contribution in [0, 0.1) is 20.2 Å². The normalized spacial score (nSPS) is 12.4. The minimum atomic E-state index is -1.83. The third kappa shape index (κ3) is 6.18. The Morgan fingerprint density at radius 2 is 0.975 bits per heavy atom. The Morgan fingerprint density at radius 3 is 1.30 bits per heavy atom. The fourth-order valence-corrected chi connectivity index (χ4v) is 7.16. The van der Waals surface area contributed by atoms with Crippen LogP contribution in [0.25, 0.3) is 0 Å². The highest BCUT2D eigenvalue weighted by Crippen LogP contribution is 2.35. The van der Waals surface area contributed by atoms with E-state index in [0.717, 1.165) is 0 Å². The molecule has 0 aliphatic heterocycles. The van der Waals surface area contributed by atoms with Crippen molar-refractivity contribution >= 4 is 50.6 Å². The van der Waals surface area contributed by atoms with Gasteiger partial charge in [-0.1, -0.05) is 59.6 Å². The first-order valence-electron chi connectivity index (χ1n) is 11.4. The third-order valence-corrected chi connectivity index (χ3v) is 9.61. The van der Waals surface area contributed by atoms with Crippen LogP contribution in [-0.4, -0.2) is 24.0 Å². The smallest absolute Gasteiger partial charge is 0.231 e. The lowest BCUT2D eigenvalue weighted by Gasteiger charge is -2.15. The number of nitrogens with zero attached hydrogens (tertiary/aromatic N) is 2. The highest BCUT2D eigenvalue weighted by Gasteiger charge is 2.28. The van der Waals surface area contributed by atoms with Crippen molar-refractivity contribution < 1.29 is 23.1 Å². The van der Waals surface area contributed by atoms with Gasteiger partial charge in [0.25, 0.3) is 0 Å². The molecule has 204 valence electrons. The van der Waals surface area contributed by atoms with Crippen molar-refractivity contribution in [2.75, 3.05) is 0 Å². The first-order valence-corrected chi connectivity index (χ1v) is 14.5. The van der Waals surface area contributed by atoms with E-state index in [2.05, 4.69) is 0 Å². The molecule has 9 nitrogen and oxygen atoms in total. The summed E-state index contributed by atoms with van der Waals surface area (Å²) in [5.74, 6) is -0.765. The van der Waals surface area contributed by atoms with Gasteiger partial charge >= 0.3 is 0 Å². The monoisotopic (exact) mass is 616 g/mol. The zero-order chi connectivity index (χ0) is 29.0. The molecule has 0 saturated carbocycles. The third-order valence-electron chi connectivity index (χ3n) is 5.78.